The molecule has 3 heterocycles. The molecule has 9 heteroatoms. The van der Waals surface area contributed by atoms with Crippen LogP contribution in [0.2, 0.25) is 0 Å². The fraction of sp³-hybridized carbons (Fsp3) is 0.190. The molecule has 0 bridgehead atoms. The number of hydrogen-bond acceptors (Lipinski definition) is 5. The summed E-state index contributed by atoms with van der Waals surface area (Å²) >= 11 is 0. The van der Waals surface area contributed by atoms with Gasteiger partial charge in [0.05, 0.1) is 19.4 Å². The van der Waals surface area contributed by atoms with E-state index in [0.717, 1.165) is 22.6 Å². The predicted octanol–water partition coefficient (Wildman–Crippen LogP) is 2.66. The Labute approximate surface area is 171 Å². The molecular weight excluding hydrogens is 388 g/mol. The first kappa shape index (κ1) is 18.3. The van der Waals surface area contributed by atoms with Gasteiger partial charge in [-0.2, -0.15) is 0 Å². The maximum Gasteiger partial charge on any atom is 0.344 e. The molecule has 1 aliphatic rings. The summed E-state index contributed by atoms with van der Waals surface area (Å²) in [6, 6.07) is 12.1. The summed E-state index contributed by atoms with van der Waals surface area (Å²) in [5.74, 6) is -0.559. The number of H-pyrrole nitrogens is 2. The Hall–Kier alpha value is -3.75. The monoisotopic (exact) mass is 408 g/mol. The number of anilines is 3. The average Bonchev–Trinajstić information content (AvgIpc) is 3.13. The van der Waals surface area contributed by atoms with Gasteiger partial charge in [0.1, 0.15) is 0 Å². The standard InChI is InChI=1S/C21H19F2N7/c22-15-6-5-13(9-16(15)23)10-29-7-8-30(11-14-3-1-2-4-17(14)29)20-18-19(26-12-25-18)27-21(24)28-20/h1-6,9,12H,7-8,10-11H2,(H3,24,25,26,27,28)/p+1. The minimum absolute atomic E-state index is 0.292. The van der Waals surface area contributed by atoms with Gasteiger partial charge in [0.25, 0.3) is 0 Å². The zero-order chi connectivity index (χ0) is 20.7. The van der Waals surface area contributed by atoms with E-state index >= 15 is 0 Å². The first-order valence-electron chi connectivity index (χ1n) is 9.62. The van der Waals surface area contributed by atoms with E-state index in [1.54, 1.807) is 12.4 Å². The van der Waals surface area contributed by atoms with E-state index in [1.165, 1.54) is 12.1 Å². The number of halogens is 2. The van der Waals surface area contributed by atoms with Crippen LogP contribution in [0.25, 0.3) is 11.2 Å². The number of nitrogens with one attached hydrogen (secondary N) is 2. The highest BCUT2D eigenvalue weighted by Crippen LogP contribution is 2.29. The van der Waals surface area contributed by atoms with Gasteiger partial charge >= 0.3 is 5.95 Å². The van der Waals surface area contributed by atoms with Gasteiger partial charge in [-0.05, 0) is 23.8 Å². The largest absolute Gasteiger partial charge is 0.364 e. The molecule has 0 unspecified atom stereocenters. The lowest BCUT2D eigenvalue weighted by Crippen LogP contribution is -2.35. The number of hydrogen-bond donors (Lipinski definition) is 2. The number of nitrogens with two attached hydrogens (primary N) is 1. The Bertz CT molecular complexity index is 1220. The lowest BCUT2D eigenvalue weighted by Gasteiger charge is -2.24. The smallest absolute Gasteiger partial charge is 0.344 e. The first-order chi connectivity index (χ1) is 14.6. The Morgan fingerprint density at radius 2 is 1.97 bits per heavy atom. The second kappa shape index (κ2) is 7.25. The lowest BCUT2D eigenvalue weighted by molar-refractivity contribution is -0.348. The number of aromatic amines is 2. The van der Waals surface area contributed by atoms with Crippen molar-refractivity contribution in [2.45, 2.75) is 13.1 Å². The molecule has 0 saturated heterocycles. The molecule has 30 heavy (non-hydrogen) atoms. The van der Waals surface area contributed by atoms with Gasteiger partial charge in [-0.3, -0.25) is 0 Å². The molecule has 5 rings (SSSR count). The minimum Gasteiger partial charge on any atom is -0.364 e. The van der Waals surface area contributed by atoms with Crippen LogP contribution in [0.5, 0.6) is 0 Å². The van der Waals surface area contributed by atoms with Crippen molar-refractivity contribution in [1.29, 1.82) is 0 Å². The Balaban J connectivity index is 1.50. The van der Waals surface area contributed by atoms with Crippen LogP contribution < -0.4 is 20.5 Å². The zero-order valence-corrected chi connectivity index (χ0v) is 16.1. The van der Waals surface area contributed by atoms with E-state index in [0.29, 0.717) is 43.3 Å². The Morgan fingerprint density at radius 3 is 2.83 bits per heavy atom. The van der Waals surface area contributed by atoms with Gasteiger partial charge in [-0.1, -0.05) is 29.2 Å². The molecule has 7 nitrogen and oxygen atoms in total. The van der Waals surface area contributed by atoms with E-state index in [1.807, 2.05) is 12.1 Å². The van der Waals surface area contributed by atoms with Crippen LogP contribution in [0.15, 0.2) is 48.8 Å². The maximum atomic E-state index is 13.7. The molecule has 0 aliphatic carbocycles. The third kappa shape index (κ3) is 3.28. The molecule has 2 aromatic heterocycles. The van der Waals surface area contributed by atoms with Crippen molar-refractivity contribution in [1.82, 2.24) is 15.0 Å². The molecule has 0 fully saturated rings. The van der Waals surface area contributed by atoms with E-state index in [-0.39, 0.29) is 0 Å². The molecule has 2 aromatic carbocycles. The minimum atomic E-state index is -0.837. The fourth-order valence-corrected chi connectivity index (χ4v) is 3.92. The summed E-state index contributed by atoms with van der Waals surface area (Å²) in [6.07, 6.45) is 1.59. The van der Waals surface area contributed by atoms with E-state index < -0.39 is 11.6 Å². The quantitative estimate of drug-likeness (QED) is 0.544. The zero-order valence-electron chi connectivity index (χ0n) is 16.1. The summed E-state index contributed by atoms with van der Waals surface area (Å²) < 4.78 is 27.0. The molecule has 0 spiro atoms. The average molecular weight is 408 g/mol. The predicted molar refractivity (Wildman–Crippen MR) is 110 cm³/mol. The van der Waals surface area contributed by atoms with Crippen molar-refractivity contribution in [2.24, 2.45) is 0 Å². The summed E-state index contributed by atoms with van der Waals surface area (Å²) in [6.45, 7) is 2.50. The molecule has 0 radical (unpaired) electrons. The number of nitrogen functional groups attached to an aromatic ring is 1. The number of fused-ring (bicyclic) bond motifs is 2. The first-order valence-corrected chi connectivity index (χ1v) is 9.62. The van der Waals surface area contributed by atoms with Gasteiger partial charge in [0, 0.05) is 24.3 Å². The molecule has 0 amide bonds. The SMILES string of the molecule is Nc1nc2nc[nH]c2c(N2CCN(Cc3ccc(F)c(F)c3)c3ccccc3C2)[nH+]1. The second-order valence-corrected chi connectivity index (χ2v) is 7.29. The van der Waals surface area contributed by atoms with Gasteiger partial charge in [-0.25, -0.2) is 18.7 Å². The van der Waals surface area contributed by atoms with Crippen molar-refractivity contribution in [2.75, 3.05) is 28.6 Å². The lowest BCUT2D eigenvalue weighted by atomic mass is 10.1. The molecule has 4 N–H and O–H groups in total. The Morgan fingerprint density at radius 1 is 1.10 bits per heavy atom. The highest BCUT2D eigenvalue weighted by atomic mass is 19.2. The molecule has 0 atom stereocenters. The number of nitrogens with zero attached hydrogens (tertiary/aromatic N) is 4. The van der Waals surface area contributed by atoms with Crippen molar-refractivity contribution in [3.63, 3.8) is 0 Å². The summed E-state index contributed by atoms with van der Waals surface area (Å²) in [7, 11) is 0. The molecule has 0 saturated carbocycles. The van der Waals surface area contributed by atoms with Crippen molar-refractivity contribution >= 4 is 28.6 Å². The van der Waals surface area contributed by atoms with Crippen molar-refractivity contribution in [3.8, 4) is 0 Å². The van der Waals surface area contributed by atoms with Crippen molar-refractivity contribution in [3.05, 3.63) is 71.6 Å². The molecular formula is C21H20F2N7+. The number of aromatic nitrogens is 4. The van der Waals surface area contributed by atoms with E-state index in [9.17, 15) is 8.78 Å². The van der Waals surface area contributed by atoms with Crippen LogP contribution in [0.3, 0.4) is 0 Å². The number of benzene rings is 2. The van der Waals surface area contributed by atoms with Crippen LogP contribution in [0.1, 0.15) is 11.1 Å². The van der Waals surface area contributed by atoms with Gasteiger partial charge in [-0.15, -0.1) is 0 Å². The summed E-state index contributed by atoms with van der Waals surface area (Å²) in [4.78, 5) is 19.1. The van der Waals surface area contributed by atoms with Crippen LogP contribution in [-0.4, -0.2) is 28.0 Å². The third-order valence-electron chi connectivity index (χ3n) is 5.34. The van der Waals surface area contributed by atoms with Gasteiger partial charge in [0.2, 0.25) is 11.5 Å². The highest BCUT2D eigenvalue weighted by molar-refractivity contribution is 5.81. The topological polar surface area (TPSA) is 88.2 Å². The molecule has 1 aliphatic heterocycles. The number of rotatable bonds is 3. The maximum absolute atomic E-state index is 13.7. The van der Waals surface area contributed by atoms with Crippen LogP contribution in [0.4, 0.5) is 26.2 Å². The molecule has 4 aromatic rings. The van der Waals surface area contributed by atoms with E-state index in [2.05, 4.69) is 41.9 Å². The fourth-order valence-electron chi connectivity index (χ4n) is 3.92. The summed E-state index contributed by atoms with van der Waals surface area (Å²) in [5, 5.41) is 0. The highest BCUT2D eigenvalue weighted by Gasteiger charge is 2.26. The number of imidazole rings is 1. The van der Waals surface area contributed by atoms with E-state index in [4.69, 9.17) is 5.73 Å². The second-order valence-electron chi connectivity index (χ2n) is 7.29. The van der Waals surface area contributed by atoms with Crippen LogP contribution in [0, 0.1) is 11.6 Å². The Kier molecular flexibility index (Phi) is 4.42. The van der Waals surface area contributed by atoms with Gasteiger partial charge < -0.3 is 20.5 Å². The third-order valence-corrected chi connectivity index (χ3v) is 5.34. The molecule has 152 valence electrons. The van der Waals surface area contributed by atoms with Crippen LogP contribution >= 0.6 is 0 Å². The van der Waals surface area contributed by atoms with Crippen LogP contribution in [-0.2, 0) is 13.1 Å². The van der Waals surface area contributed by atoms with Crippen molar-refractivity contribution < 1.29 is 13.8 Å². The van der Waals surface area contributed by atoms with Gasteiger partial charge in [0.15, 0.2) is 17.2 Å². The normalized spacial score (nSPS) is 14.1. The number of para-hydroxylation sites is 1. The summed E-state index contributed by atoms with van der Waals surface area (Å²) in [5.41, 5.74) is 10.2.